The van der Waals surface area contributed by atoms with Gasteiger partial charge in [0.1, 0.15) is 0 Å². The minimum atomic E-state index is -0.766. The van der Waals surface area contributed by atoms with Gasteiger partial charge in [0, 0.05) is 31.7 Å². The fourth-order valence-corrected chi connectivity index (χ4v) is 3.16. The van der Waals surface area contributed by atoms with E-state index in [1.54, 1.807) is 28.2 Å². The van der Waals surface area contributed by atoms with Gasteiger partial charge < -0.3 is 10.0 Å². The highest BCUT2D eigenvalue weighted by Gasteiger charge is 2.23. The van der Waals surface area contributed by atoms with Crippen LogP contribution in [0.15, 0.2) is 61.1 Å². The molecule has 6 nitrogen and oxygen atoms in total. The Hall–Kier alpha value is -2.99. The zero-order valence-corrected chi connectivity index (χ0v) is 16.3. The first-order valence-electron chi connectivity index (χ1n) is 9.53. The van der Waals surface area contributed by atoms with Crippen LogP contribution in [-0.2, 0) is 13.1 Å². The number of hydrogen-bond donors (Lipinski definition) is 1. The minimum Gasteiger partial charge on any atom is -0.387 e. The van der Waals surface area contributed by atoms with Gasteiger partial charge in [-0.15, -0.1) is 0 Å². The van der Waals surface area contributed by atoms with Gasteiger partial charge in [0.05, 0.1) is 23.9 Å². The van der Waals surface area contributed by atoms with Crippen LogP contribution in [0.1, 0.15) is 46.6 Å². The maximum atomic E-state index is 13.3. The number of aryl methyl sites for hydroxylation is 2. The van der Waals surface area contributed by atoms with Crippen LogP contribution < -0.4 is 0 Å². The van der Waals surface area contributed by atoms with Crippen molar-refractivity contribution in [2.24, 2.45) is 0 Å². The van der Waals surface area contributed by atoms with Crippen LogP contribution in [0, 0.1) is 6.92 Å². The maximum Gasteiger partial charge on any atom is 0.257 e. The van der Waals surface area contributed by atoms with Crippen molar-refractivity contribution in [3.05, 3.63) is 83.4 Å². The molecule has 3 rings (SSSR count). The van der Waals surface area contributed by atoms with Gasteiger partial charge in [-0.2, -0.15) is 5.10 Å². The molecule has 0 aliphatic heterocycles. The van der Waals surface area contributed by atoms with Crippen LogP contribution in [0.2, 0.25) is 0 Å². The Morgan fingerprint density at radius 2 is 1.89 bits per heavy atom. The van der Waals surface area contributed by atoms with E-state index in [0.717, 1.165) is 24.1 Å². The molecule has 0 aliphatic carbocycles. The minimum absolute atomic E-state index is 0.133. The topological polar surface area (TPSA) is 71.2 Å². The molecular weight excluding hydrogens is 352 g/mol. The molecule has 6 heteroatoms. The maximum absolute atomic E-state index is 13.3. The van der Waals surface area contributed by atoms with Gasteiger partial charge in [-0.05, 0) is 36.6 Å². The Kier molecular flexibility index (Phi) is 6.55. The number of benzene rings is 1. The van der Waals surface area contributed by atoms with E-state index in [4.69, 9.17) is 0 Å². The van der Waals surface area contributed by atoms with E-state index in [9.17, 15) is 9.90 Å². The summed E-state index contributed by atoms with van der Waals surface area (Å²) in [6, 6.07) is 13.2. The molecule has 146 valence electrons. The lowest BCUT2D eigenvalue weighted by Gasteiger charge is -2.25. The Morgan fingerprint density at radius 1 is 1.18 bits per heavy atom. The molecule has 1 atom stereocenters. The molecule has 0 bridgehead atoms. The summed E-state index contributed by atoms with van der Waals surface area (Å²) in [5.74, 6) is -0.133. The van der Waals surface area contributed by atoms with Gasteiger partial charge in [0.25, 0.3) is 5.91 Å². The average molecular weight is 378 g/mol. The molecule has 2 heterocycles. The van der Waals surface area contributed by atoms with Crippen LogP contribution in [0.25, 0.3) is 0 Å². The van der Waals surface area contributed by atoms with Gasteiger partial charge in [-0.1, -0.05) is 37.3 Å². The number of aromatic nitrogens is 3. The monoisotopic (exact) mass is 378 g/mol. The van der Waals surface area contributed by atoms with Crippen molar-refractivity contribution >= 4 is 5.91 Å². The summed E-state index contributed by atoms with van der Waals surface area (Å²) in [6.07, 6.45) is 5.39. The molecule has 0 fully saturated rings. The lowest BCUT2D eigenvalue weighted by Crippen LogP contribution is -2.34. The summed E-state index contributed by atoms with van der Waals surface area (Å²) < 4.78 is 1.81. The van der Waals surface area contributed by atoms with Crippen LogP contribution in [0.5, 0.6) is 0 Å². The van der Waals surface area contributed by atoms with Gasteiger partial charge in [0.2, 0.25) is 0 Å². The Bertz CT molecular complexity index is 893. The normalized spacial score (nSPS) is 12.0. The highest BCUT2D eigenvalue weighted by Crippen LogP contribution is 2.19. The molecule has 1 N–H and O–H groups in total. The summed E-state index contributed by atoms with van der Waals surface area (Å²) >= 11 is 0. The first kappa shape index (κ1) is 19.8. The van der Waals surface area contributed by atoms with Crippen molar-refractivity contribution in [1.82, 2.24) is 19.7 Å². The van der Waals surface area contributed by atoms with E-state index < -0.39 is 6.10 Å². The number of carbonyl (C=O) groups is 1. The van der Waals surface area contributed by atoms with E-state index >= 15 is 0 Å². The number of carbonyl (C=O) groups excluding carboxylic acids is 1. The zero-order chi connectivity index (χ0) is 19.9. The number of aliphatic hydroxyl groups is 1. The number of aliphatic hydroxyl groups excluding tert-OH is 1. The third-order valence-electron chi connectivity index (χ3n) is 4.62. The molecular formula is C22H26N4O2. The number of pyridine rings is 1. The van der Waals surface area contributed by atoms with Crippen LogP contribution >= 0.6 is 0 Å². The average Bonchev–Trinajstić information content (AvgIpc) is 3.08. The standard InChI is InChI=1S/C22H26N4O2/c1-3-13-26-15-20(17(2)24-26)22(28)25(14-18-9-11-23-12-10-18)16-21(27)19-7-5-4-6-8-19/h4-12,15,21,27H,3,13-14,16H2,1-2H3/t21-/m1/s1. The molecule has 0 saturated heterocycles. The van der Waals surface area contributed by atoms with Crippen LogP contribution in [0.3, 0.4) is 0 Å². The zero-order valence-electron chi connectivity index (χ0n) is 16.3. The van der Waals surface area contributed by atoms with Gasteiger partial charge in [-0.25, -0.2) is 0 Å². The smallest absolute Gasteiger partial charge is 0.257 e. The van der Waals surface area contributed by atoms with Gasteiger partial charge in [0.15, 0.2) is 0 Å². The highest BCUT2D eigenvalue weighted by atomic mass is 16.3. The number of rotatable bonds is 8. The summed E-state index contributed by atoms with van der Waals surface area (Å²) in [5, 5.41) is 15.1. The third-order valence-corrected chi connectivity index (χ3v) is 4.62. The molecule has 0 radical (unpaired) electrons. The molecule has 0 aliphatic rings. The molecule has 0 saturated carbocycles. The van der Waals surface area contributed by atoms with Crippen molar-refractivity contribution in [1.29, 1.82) is 0 Å². The third kappa shape index (κ3) is 4.84. The van der Waals surface area contributed by atoms with Crippen molar-refractivity contribution in [2.75, 3.05) is 6.54 Å². The van der Waals surface area contributed by atoms with E-state index in [1.807, 2.05) is 49.4 Å². The summed E-state index contributed by atoms with van der Waals surface area (Å²) in [4.78, 5) is 19.0. The first-order chi connectivity index (χ1) is 13.6. The number of amides is 1. The summed E-state index contributed by atoms with van der Waals surface area (Å²) in [6.45, 7) is 5.28. The Balaban J connectivity index is 1.85. The van der Waals surface area contributed by atoms with Crippen LogP contribution in [-0.4, -0.2) is 37.2 Å². The summed E-state index contributed by atoms with van der Waals surface area (Å²) in [7, 11) is 0. The van der Waals surface area contributed by atoms with Crippen LogP contribution in [0.4, 0.5) is 0 Å². The molecule has 1 amide bonds. The second-order valence-electron chi connectivity index (χ2n) is 6.86. The predicted molar refractivity (Wildman–Crippen MR) is 108 cm³/mol. The van der Waals surface area contributed by atoms with E-state index in [2.05, 4.69) is 17.0 Å². The first-order valence-corrected chi connectivity index (χ1v) is 9.53. The van der Waals surface area contributed by atoms with E-state index in [1.165, 1.54) is 0 Å². The number of nitrogens with zero attached hydrogens (tertiary/aromatic N) is 4. The van der Waals surface area contributed by atoms with Crippen molar-refractivity contribution in [3.8, 4) is 0 Å². The van der Waals surface area contributed by atoms with Crippen molar-refractivity contribution < 1.29 is 9.90 Å². The molecule has 0 spiro atoms. The molecule has 0 unspecified atom stereocenters. The second kappa shape index (κ2) is 9.28. The molecule has 28 heavy (non-hydrogen) atoms. The largest absolute Gasteiger partial charge is 0.387 e. The SMILES string of the molecule is CCCn1cc(C(=O)N(Cc2ccncc2)C[C@@H](O)c2ccccc2)c(C)n1. The fourth-order valence-electron chi connectivity index (χ4n) is 3.16. The van der Waals surface area contributed by atoms with Gasteiger partial charge >= 0.3 is 0 Å². The fraction of sp³-hybridized carbons (Fsp3) is 0.318. The predicted octanol–water partition coefficient (Wildman–Crippen LogP) is 3.37. The number of hydrogen-bond acceptors (Lipinski definition) is 4. The summed E-state index contributed by atoms with van der Waals surface area (Å²) in [5.41, 5.74) is 3.02. The molecule has 3 aromatic rings. The quantitative estimate of drug-likeness (QED) is 0.652. The van der Waals surface area contributed by atoms with E-state index in [-0.39, 0.29) is 12.5 Å². The van der Waals surface area contributed by atoms with E-state index in [0.29, 0.717) is 17.8 Å². The Morgan fingerprint density at radius 3 is 2.57 bits per heavy atom. The van der Waals surface area contributed by atoms with Gasteiger partial charge in [-0.3, -0.25) is 14.5 Å². The van der Waals surface area contributed by atoms with Crippen molar-refractivity contribution in [2.45, 2.75) is 39.5 Å². The van der Waals surface area contributed by atoms with Crippen molar-refractivity contribution in [3.63, 3.8) is 0 Å². The second-order valence-corrected chi connectivity index (χ2v) is 6.86. The lowest BCUT2D eigenvalue weighted by atomic mass is 10.1. The molecule has 2 aromatic heterocycles. The highest BCUT2D eigenvalue weighted by molar-refractivity contribution is 5.95. The molecule has 1 aromatic carbocycles. The lowest BCUT2D eigenvalue weighted by molar-refractivity contribution is 0.0603. The Labute approximate surface area is 165 Å².